The number of phosphoric acid groups is 1. The van der Waals surface area contributed by atoms with E-state index >= 15 is 0 Å². The molecule has 0 aliphatic rings. The van der Waals surface area contributed by atoms with Gasteiger partial charge in [0.1, 0.15) is 0 Å². The van der Waals surface area contributed by atoms with Crippen molar-refractivity contribution in [2.45, 2.75) is 148 Å². The van der Waals surface area contributed by atoms with Crippen molar-refractivity contribution in [2.75, 3.05) is 19.8 Å². The molecule has 0 spiro atoms. The van der Waals surface area contributed by atoms with Crippen LogP contribution >= 0.6 is 7.82 Å². The Bertz CT molecular complexity index is 759. The third kappa shape index (κ3) is 27.5. The number of amides is 1. The minimum Gasteiger partial charge on any atom is -0.387 e. The summed E-state index contributed by atoms with van der Waals surface area (Å²) < 4.78 is 21.9. The summed E-state index contributed by atoms with van der Waals surface area (Å²) in [6, 6.07) is -0.876. The third-order valence-electron chi connectivity index (χ3n) is 6.94. The van der Waals surface area contributed by atoms with Crippen molar-refractivity contribution in [3.63, 3.8) is 0 Å². The average Bonchev–Trinajstić information content (AvgIpc) is 2.97. The summed E-state index contributed by atoms with van der Waals surface area (Å²) >= 11 is 0. The lowest BCUT2D eigenvalue weighted by Crippen LogP contribution is -2.45. The summed E-state index contributed by atoms with van der Waals surface area (Å²) in [5, 5.41) is 13.5. The standard InChI is InChI=1S/C33H63N2O6P/c1-3-5-7-9-11-13-15-16-17-19-21-23-25-27-33(37)35-31(30-41-42(38,39)40-29-28-34)32(36)26-24-22-20-18-14-12-10-8-6-4-2/h13-15,18,24,26,31-32,36H,3-12,16-17,19-23,25,27-30,34H2,1-2H3,(H,35,37)(H,38,39)/b15-13-,18-14+,26-24+. The quantitative estimate of drug-likeness (QED) is 0.0366. The molecule has 0 bridgehead atoms. The number of phosphoric ester groups is 1. The predicted octanol–water partition coefficient (Wildman–Crippen LogP) is 8.04. The van der Waals surface area contributed by atoms with E-state index in [1.165, 1.54) is 57.8 Å². The molecule has 9 heteroatoms. The molecule has 5 N–H and O–H groups in total. The second-order valence-corrected chi connectivity index (χ2v) is 12.5. The average molecular weight is 615 g/mol. The van der Waals surface area contributed by atoms with Gasteiger partial charge in [0.05, 0.1) is 25.4 Å². The van der Waals surface area contributed by atoms with Gasteiger partial charge in [-0.3, -0.25) is 13.8 Å². The maximum absolute atomic E-state index is 12.6. The molecule has 42 heavy (non-hydrogen) atoms. The Balaban J connectivity index is 4.46. The second-order valence-electron chi connectivity index (χ2n) is 11.0. The largest absolute Gasteiger partial charge is 0.472 e. The monoisotopic (exact) mass is 614 g/mol. The number of aliphatic hydroxyl groups is 1. The van der Waals surface area contributed by atoms with Gasteiger partial charge in [-0.2, -0.15) is 0 Å². The molecular weight excluding hydrogens is 551 g/mol. The van der Waals surface area contributed by atoms with Crippen LogP contribution in [0.2, 0.25) is 0 Å². The Kier molecular flexibility index (Phi) is 28.9. The van der Waals surface area contributed by atoms with Crippen LogP contribution in [0.25, 0.3) is 0 Å². The van der Waals surface area contributed by atoms with Gasteiger partial charge in [-0.25, -0.2) is 4.57 Å². The van der Waals surface area contributed by atoms with E-state index in [1.54, 1.807) is 6.08 Å². The molecule has 0 aliphatic heterocycles. The molecule has 0 fully saturated rings. The highest BCUT2D eigenvalue weighted by Gasteiger charge is 2.26. The lowest BCUT2D eigenvalue weighted by Gasteiger charge is -2.23. The van der Waals surface area contributed by atoms with Crippen LogP contribution in [0.15, 0.2) is 36.5 Å². The molecule has 0 aliphatic carbocycles. The zero-order valence-corrected chi connectivity index (χ0v) is 27.6. The highest BCUT2D eigenvalue weighted by molar-refractivity contribution is 7.47. The van der Waals surface area contributed by atoms with Crippen molar-refractivity contribution in [1.29, 1.82) is 0 Å². The molecule has 0 saturated carbocycles. The zero-order chi connectivity index (χ0) is 31.2. The molecular formula is C33H63N2O6P. The minimum atomic E-state index is -4.33. The van der Waals surface area contributed by atoms with E-state index in [2.05, 4.69) is 43.5 Å². The molecule has 0 saturated heterocycles. The summed E-state index contributed by atoms with van der Waals surface area (Å²) in [6.45, 7) is 4.01. The van der Waals surface area contributed by atoms with Gasteiger partial charge in [0.2, 0.25) is 5.91 Å². The predicted molar refractivity (Wildman–Crippen MR) is 175 cm³/mol. The van der Waals surface area contributed by atoms with Gasteiger partial charge in [0.25, 0.3) is 0 Å². The van der Waals surface area contributed by atoms with E-state index < -0.39 is 20.0 Å². The number of rotatable bonds is 30. The summed E-state index contributed by atoms with van der Waals surface area (Å²) in [7, 11) is -4.33. The number of carbonyl (C=O) groups is 1. The van der Waals surface area contributed by atoms with Crippen LogP contribution in [0.1, 0.15) is 136 Å². The van der Waals surface area contributed by atoms with Crippen LogP contribution in [0.4, 0.5) is 0 Å². The van der Waals surface area contributed by atoms with E-state index in [4.69, 9.17) is 14.8 Å². The van der Waals surface area contributed by atoms with Gasteiger partial charge in [-0.05, 0) is 57.8 Å². The van der Waals surface area contributed by atoms with E-state index in [-0.39, 0.29) is 25.7 Å². The van der Waals surface area contributed by atoms with Gasteiger partial charge in [0, 0.05) is 13.0 Å². The van der Waals surface area contributed by atoms with Crippen LogP contribution in [0.3, 0.4) is 0 Å². The van der Waals surface area contributed by atoms with Gasteiger partial charge < -0.3 is 21.1 Å². The van der Waals surface area contributed by atoms with Crippen LogP contribution in [0.5, 0.6) is 0 Å². The van der Waals surface area contributed by atoms with Gasteiger partial charge in [-0.15, -0.1) is 0 Å². The van der Waals surface area contributed by atoms with E-state index in [1.807, 2.05) is 6.08 Å². The fourth-order valence-corrected chi connectivity index (χ4v) is 5.13. The molecule has 0 aromatic rings. The van der Waals surface area contributed by atoms with Crippen molar-refractivity contribution in [3.05, 3.63) is 36.5 Å². The van der Waals surface area contributed by atoms with E-state index in [0.717, 1.165) is 57.8 Å². The maximum atomic E-state index is 12.6. The summed E-state index contributed by atoms with van der Waals surface area (Å²) in [4.78, 5) is 22.4. The second kappa shape index (κ2) is 29.8. The number of hydrogen-bond acceptors (Lipinski definition) is 6. The number of allylic oxidation sites excluding steroid dienone is 5. The molecule has 3 atom stereocenters. The molecule has 0 rings (SSSR count). The van der Waals surface area contributed by atoms with Crippen molar-refractivity contribution in [3.8, 4) is 0 Å². The summed E-state index contributed by atoms with van der Waals surface area (Å²) in [6.07, 6.45) is 31.9. The smallest absolute Gasteiger partial charge is 0.387 e. The third-order valence-corrected chi connectivity index (χ3v) is 7.92. The molecule has 8 nitrogen and oxygen atoms in total. The molecule has 3 unspecified atom stereocenters. The Morgan fingerprint density at radius 3 is 1.83 bits per heavy atom. The zero-order valence-electron chi connectivity index (χ0n) is 26.7. The van der Waals surface area contributed by atoms with Crippen molar-refractivity contribution < 1.29 is 28.4 Å². The van der Waals surface area contributed by atoms with Crippen LogP contribution in [0, 0.1) is 0 Å². The van der Waals surface area contributed by atoms with E-state index in [9.17, 15) is 19.4 Å². The molecule has 1 amide bonds. The number of hydrogen-bond donors (Lipinski definition) is 4. The van der Waals surface area contributed by atoms with Gasteiger partial charge in [-0.1, -0.05) is 108 Å². The first-order valence-electron chi connectivity index (χ1n) is 16.6. The SMILES string of the molecule is CCCCCC/C=C\CCCCCCCC(=O)NC(COP(=O)(O)OCCN)C(O)/C=C/CC/C=C/CCCCCC. The Hall–Kier alpha value is -1.28. The lowest BCUT2D eigenvalue weighted by molar-refractivity contribution is -0.123. The summed E-state index contributed by atoms with van der Waals surface area (Å²) in [5.41, 5.74) is 5.33. The molecule has 0 heterocycles. The van der Waals surface area contributed by atoms with Crippen LogP contribution < -0.4 is 11.1 Å². The highest BCUT2D eigenvalue weighted by Crippen LogP contribution is 2.43. The topological polar surface area (TPSA) is 131 Å². The van der Waals surface area contributed by atoms with Crippen molar-refractivity contribution >= 4 is 13.7 Å². The first-order chi connectivity index (χ1) is 20.4. The Labute approximate surface area is 257 Å². The van der Waals surface area contributed by atoms with Crippen molar-refractivity contribution in [2.24, 2.45) is 5.73 Å². The van der Waals surface area contributed by atoms with Crippen molar-refractivity contribution in [1.82, 2.24) is 5.32 Å². The Morgan fingerprint density at radius 2 is 1.26 bits per heavy atom. The fourth-order valence-electron chi connectivity index (χ4n) is 4.37. The molecule has 246 valence electrons. The number of nitrogens with two attached hydrogens (primary N) is 1. The fraction of sp³-hybridized carbons (Fsp3) is 0.788. The number of aliphatic hydroxyl groups excluding tert-OH is 1. The lowest BCUT2D eigenvalue weighted by atomic mass is 10.1. The van der Waals surface area contributed by atoms with Gasteiger partial charge in [0.15, 0.2) is 0 Å². The molecule has 0 aromatic heterocycles. The van der Waals surface area contributed by atoms with Crippen LogP contribution in [-0.4, -0.2) is 47.8 Å². The highest BCUT2D eigenvalue weighted by atomic mass is 31.2. The number of unbranched alkanes of at least 4 members (excludes halogenated alkanes) is 14. The molecule has 0 radical (unpaired) electrons. The minimum absolute atomic E-state index is 0.0719. The summed E-state index contributed by atoms with van der Waals surface area (Å²) in [5.74, 6) is -0.219. The number of nitrogens with one attached hydrogen (secondary N) is 1. The Morgan fingerprint density at radius 1 is 0.762 bits per heavy atom. The maximum Gasteiger partial charge on any atom is 0.472 e. The normalized spacial score (nSPS) is 15.1. The first kappa shape index (κ1) is 40.7. The number of carbonyl (C=O) groups excluding carboxylic acids is 1. The molecule has 0 aromatic carbocycles. The van der Waals surface area contributed by atoms with E-state index in [0.29, 0.717) is 6.42 Å². The first-order valence-corrected chi connectivity index (χ1v) is 18.1. The van der Waals surface area contributed by atoms with Crippen LogP contribution in [-0.2, 0) is 18.4 Å². The van der Waals surface area contributed by atoms with Gasteiger partial charge >= 0.3 is 7.82 Å².